The number of carboxylic acid groups (broad SMARTS) is 1. The lowest BCUT2D eigenvalue weighted by Crippen LogP contribution is -1.99. The van der Waals surface area contributed by atoms with Gasteiger partial charge in [0.2, 0.25) is 0 Å². The number of hydrogen-bond acceptors (Lipinski definition) is 3. The molecule has 0 saturated carbocycles. The van der Waals surface area contributed by atoms with Crippen LogP contribution in [0.15, 0.2) is 54.6 Å². The third-order valence-corrected chi connectivity index (χ3v) is 3.33. The van der Waals surface area contributed by atoms with Crippen molar-refractivity contribution in [1.29, 1.82) is 0 Å². The van der Waals surface area contributed by atoms with Crippen molar-refractivity contribution in [1.82, 2.24) is 4.98 Å². The van der Waals surface area contributed by atoms with Gasteiger partial charge in [0.15, 0.2) is 0 Å². The van der Waals surface area contributed by atoms with Crippen molar-refractivity contribution in [3.05, 3.63) is 71.4 Å². The molecule has 2 aromatic carbocycles. The van der Waals surface area contributed by atoms with Crippen LogP contribution in [0.3, 0.4) is 0 Å². The van der Waals surface area contributed by atoms with E-state index in [0.29, 0.717) is 6.42 Å². The molecule has 0 saturated heterocycles. The second kappa shape index (κ2) is 5.25. The van der Waals surface area contributed by atoms with Crippen LogP contribution in [0.1, 0.15) is 21.6 Å². The number of hydrogen-bond donors (Lipinski definition) is 2. The van der Waals surface area contributed by atoms with Crippen LogP contribution in [0.2, 0.25) is 0 Å². The van der Waals surface area contributed by atoms with Crippen molar-refractivity contribution >= 4 is 16.9 Å². The Labute approximate surface area is 121 Å². The fourth-order valence-electron chi connectivity index (χ4n) is 2.28. The van der Waals surface area contributed by atoms with Gasteiger partial charge in [0.05, 0.1) is 5.52 Å². The monoisotopic (exact) mass is 279 g/mol. The Bertz CT molecular complexity index is 827. The van der Waals surface area contributed by atoms with Gasteiger partial charge in [-0.1, -0.05) is 30.3 Å². The molecule has 1 heterocycles. The number of para-hydroxylation sites is 1. The predicted molar refractivity (Wildman–Crippen MR) is 79.6 cm³/mol. The summed E-state index contributed by atoms with van der Waals surface area (Å²) in [6.07, 6.45) is 0.519. The highest BCUT2D eigenvalue weighted by Crippen LogP contribution is 2.21. The summed E-state index contributed by atoms with van der Waals surface area (Å²) in [5.41, 5.74) is 2.48. The zero-order valence-electron chi connectivity index (χ0n) is 11.2. The quantitative estimate of drug-likeness (QED) is 0.772. The molecule has 0 unspecified atom stereocenters. The molecular formula is C17H13NO3. The Kier molecular flexibility index (Phi) is 3.28. The van der Waals surface area contributed by atoms with Crippen LogP contribution in [0.4, 0.5) is 0 Å². The summed E-state index contributed by atoms with van der Waals surface area (Å²) >= 11 is 0. The lowest BCUT2D eigenvalue weighted by molar-refractivity contribution is 0.0693. The van der Waals surface area contributed by atoms with Crippen molar-refractivity contribution in [3.63, 3.8) is 0 Å². The van der Waals surface area contributed by atoms with Gasteiger partial charge in [-0.15, -0.1) is 0 Å². The first-order valence-corrected chi connectivity index (χ1v) is 6.53. The fraction of sp³-hybridized carbons (Fsp3) is 0.0588. The minimum Gasteiger partial charge on any atom is -0.507 e. The van der Waals surface area contributed by atoms with Crippen LogP contribution in [-0.4, -0.2) is 21.2 Å². The lowest BCUT2D eigenvalue weighted by Gasteiger charge is -2.06. The molecule has 0 aliphatic rings. The number of rotatable bonds is 3. The van der Waals surface area contributed by atoms with E-state index in [2.05, 4.69) is 4.98 Å². The number of aromatic carboxylic acids is 1. The molecule has 0 aliphatic carbocycles. The fourth-order valence-corrected chi connectivity index (χ4v) is 2.28. The molecule has 0 atom stereocenters. The number of phenols is 1. The first-order valence-electron chi connectivity index (χ1n) is 6.53. The van der Waals surface area contributed by atoms with Crippen LogP contribution < -0.4 is 0 Å². The van der Waals surface area contributed by atoms with E-state index < -0.39 is 5.97 Å². The summed E-state index contributed by atoms with van der Waals surface area (Å²) in [6.45, 7) is 0. The topological polar surface area (TPSA) is 70.4 Å². The number of pyridine rings is 1. The molecule has 4 heteroatoms. The van der Waals surface area contributed by atoms with Crippen molar-refractivity contribution in [2.24, 2.45) is 0 Å². The summed E-state index contributed by atoms with van der Waals surface area (Å²) in [5.74, 6) is -1.36. The average Bonchev–Trinajstić information content (AvgIpc) is 2.49. The highest BCUT2D eigenvalue weighted by atomic mass is 16.4. The van der Waals surface area contributed by atoms with Gasteiger partial charge in [-0.05, 0) is 29.8 Å². The molecule has 21 heavy (non-hydrogen) atoms. The smallest absolute Gasteiger partial charge is 0.339 e. The average molecular weight is 279 g/mol. The molecule has 0 bridgehead atoms. The van der Waals surface area contributed by atoms with Crippen LogP contribution in [-0.2, 0) is 6.42 Å². The van der Waals surface area contributed by atoms with Crippen molar-refractivity contribution in [2.75, 3.05) is 0 Å². The van der Waals surface area contributed by atoms with Gasteiger partial charge in [-0.2, -0.15) is 0 Å². The molecule has 3 rings (SSSR count). The van der Waals surface area contributed by atoms with E-state index in [4.69, 9.17) is 5.11 Å². The maximum atomic E-state index is 11.0. The Hall–Kier alpha value is -2.88. The molecule has 0 fully saturated rings. The molecule has 104 valence electrons. The standard InChI is InChI=1S/C17H13NO3/c19-16-8-5-11(10-14(16)17(20)21)9-13-7-6-12-3-1-2-4-15(12)18-13/h1-8,10,19H,9H2,(H,20,21). The van der Waals surface area contributed by atoms with Gasteiger partial charge >= 0.3 is 5.97 Å². The van der Waals surface area contributed by atoms with Gasteiger partial charge in [0.25, 0.3) is 0 Å². The van der Waals surface area contributed by atoms with Gasteiger partial charge in [-0.25, -0.2) is 4.79 Å². The predicted octanol–water partition coefficient (Wildman–Crippen LogP) is 3.23. The van der Waals surface area contributed by atoms with Crippen LogP contribution in [0.25, 0.3) is 10.9 Å². The largest absolute Gasteiger partial charge is 0.507 e. The number of nitrogens with zero attached hydrogens (tertiary/aromatic N) is 1. The number of aromatic hydroxyl groups is 1. The Morgan fingerprint density at radius 1 is 1.05 bits per heavy atom. The summed E-state index contributed by atoms with van der Waals surface area (Å²) in [5, 5.41) is 19.6. The Balaban J connectivity index is 1.94. The third kappa shape index (κ3) is 2.69. The maximum absolute atomic E-state index is 11.0. The molecule has 0 aliphatic heterocycles. The van der Waals surface area contributed by atoms with E-state index >= 15 is 0 Å². The maximum Gasteiger partial charge on any atom is 0.339 e. The van der Waals surface area contributed by atoms with E-state index in [1.165, 1.54) is 12.1 Å². The van der Waals surface area contributed by atoms with Crippen molar-refractivity contribution in [3.8, 4) is 5.75 Å². The summed E-state index contributed by atoms with van der Waals surface area (Å²) < 4.78 is 0. The van der Waals surface area contributed by atoms with Crippen LogP contribution in [0, 0.1) is 0 Å². The third-order valence-electron chi connectivity index (χ3n) is 3.33. The highest BCUT2D eigenvalue weighted by molar-refractivity contribution is 5.91. The summed E-state index contributed by atoms with van der Waals surface area (Å²) in [6, 6.07) is 16.3. The summed E-state index contributed by atoms with van der Waals surface area (Å²) in [4.78, 5) is 15.6. The molecule has 1 aromatic heterocycles. The van der Waals surface area contributed by atoms with E-state index in [1.54, 1.807) is 6.07 Å². The van der Waals surface area contributed by atoms with Gasteiger partial charge < -0.3 is 10.2 Å². The number of fused-ring (bicyclic) bond motifs is 1. The van der Waals surface area contributed by atoms with E-state index in [9.17, 15) is 9.90 Å². The number of benzene rings is 2. The van der Waals surface area contributed by atoms with Crippen LogP contribution >= 0.6 is 0 Å². The van der Waals surface area contributed by atoms with Gasteiger partial charge in [0.1, 0.15) is 11.3 Å². The van der Waals surface area contributed by atoms with E-state index in [1.807, 2.05) is 36.4 Å². The number of carboxylic acids is 1. The molecular weight excluding hydrogens is 266 g/mol. The SMILES string of the molecule is O=C(O)c1cc(Cc2ccc3ccccc3n2)ccc1O. The van der Waals surface area contributed by atoms with Gasteiger partial charge in [-0.3, -0.25) is 4.98 Å². The molecule has 0 amide bonds. The minimum atomic E-state index is -1.14. The zero-order valence-corrected chi connectivity index (χ0v) is 11.2. The number of aromatic nitrogens is 1. The van der Waals surface area contributed by atoms with Crippen molar-refractivity contribution < 1.29 is 15.0 Å². The first-order chi connectivity index (χ1) is 10.1. The van der Waals surface area contributed by atoms with Gasteiger partial charge in [0, 0.05) is 17.5 Å². The Morgan fingerprint density at radius 2 is 1.86 bits per heavy atom. The Morgan fingerprint density at radius 3 is 2.67 bits per heavy atom. The van der Waals surface area contributed by atoms with Crippen LogP contribution in [0.5, 0.6) is 5.75 Å². The summed E-state index contributed by atoms with van der Waals surface area (Å²) in [7, 11) is 0. The molecule has 2 N–H and O–H groups in total. The molecule has 0 radical (unpaired) electrons. The minimum absolute atomic E-state index is 0.0895. The number of carbonyl (C=O) groups is 1. The molecule has 4 nitrogen and oxygen atoms in total. The van der Waals surface area contributed by atoms with E-state index in [0.717, 1.165) is 22.2 Å². The first kappa shape index (κ1) is 13.1. The van der Waals surface area contributed by atoms with Crippen molar-refractivity contribution in [2.45, 2.75) is 6.42 Å². The van der Waals surface area contributed by atoms with E-state index in [-0.39, 0.29) is 11.3 Å². The normalized spacial score (nSPS) is 10.7. The second-order valence-electron chi connectivity index (χ2n) is 4.83. The second-order valence-corrected chi connectivity index (χ2v) is 4.83. The molecule has 3 aromatic rings. The zero-order chi connectivity index (χ0) is 14.8. The molecule has 0 spiro atoms. The highest BCUT2D eigenvalue weighted by Gasteiger charge is 2.10. The lowest BCUT2D eigenvalue weighted by atomic mass is 10.0.